The van der Waals surface area contributed by atoms with Gasteiger partial charge in [0.25, 0.3) is 0 Å². The molecule has 0 aliphatic rings. The number of aliphatic hydroxyl groups is 1. The summed E-state index contributed by atoms with van der Waals surface area (Å²) in [5.74, 6) is 0.805. The van der Waals surface area contributed by atoms with Crippen LogP contribution in [0.2, 0.25) is 0 Å². The van der Waals surface area contributed by atoms with Gasteiger partial charge in [-0.2, -0.15) is 0 Å². The summed E-state index contributed by atoms with van der Waals surface area (Å²) in [5.41, 5.74) is 0.843. The molecule has 17 heavy (non-hydrogen) atoms. The van der Waals surface area contributed by atoms with E-state index in [9.17, 15) is 5.11 Å². The molecule has 5 heteroatoms. The van der Waals surface area contributed by atoms with Crippen molar-refractivity contribution in [1.29, 1.82) is 0 Å². The normalized spacial score (nSPS) is 12.8. The lowest BCUT2D eigenvalue weighted by Gasteiger charge is -2.22. The zero-order chi connectivity index (χ0) is 12.2. The highest BCUT2D eigenvalue weighted by atomic mass is 35.5. The lowest BCUT2D eigenvalue weighted by Crippen LogP contribution is -2.38. The van der Waals surface area contributed by atoms with Crippen molar-refractivity contribution >= 4 is 18.2 Å². The summed E-state index contributed by atoms with van der Waals surface area (Å²) in [6, 6.07) is 3.74. The van der Waals surface area contributed by atoms with Crippen molar-refractivity contribution in [3.8, 4) is 0 Å². The Labute approximate surface area is 109 Å². The van der Waals surface area contributed by atoms with Crippen LogP contribution >= 0.6 is 12.4 Å². The maximum atomic E-state index is 9.92. The molecule has 0 saturated heterocycles. The second-order valence-electron chi connectivity index (χ2n) is 4.87. The minimum Gasteiger partial charge on any atom is -0.387 e. The van der Waals surface area contributed by atoms with Gasteiger partial charge in [-0.15, -0.1) is 12.4 Å². The number of hydrogen-bond donors (Lipinski definition) is 3. The molecule has 0 fully saturated rings. The molecule has 3 N–H and O–H groups in total. The van der Waals surface area contributed by atoms with E-state index in [0.717, 1.165) is 11.4 Å². The predicted molar refractivity (Wildman–Crippen MR) is 73.7 cm³/mol. The first-order valence-electron chi connectivity index (χ1n) is 5.49. The summed E-state index contributed by atoms with van der Waals surface area (Å²) < 4.78 is 0. The molecule has 1 heterocycles. The summed E-state index contributed by atoms with van der Waals surface area (Å²) in [5, 5.41) is 16.1. The zero-order valence-electron chi connectivity index (χ0n) is 10.8. The number of rotatable bonds is 4. The third-order valence-electron chi connectivity index (χ3n) is 2.25. The lowest BCUT2D eigenvalue weighted by molar-refractivity contribution is 0.163. The fraction of sp³-hybridized carbons (Fsp3) is 0.583. The van der Waals surface area contributed by atoms with E-state index in [1.165, 1.54) is 0 Å². The molecule has 1 rings (SSSR count). The molecule has 0 aliphatic carbocycles. The first-order valence-corrected chi connectivity index (χ1v) is 5.49. The number of nitrogens with one attached hydrogen (secondary N) is 2. The van der Waals surface area contributed by atoms with E-state index in [-0.39, 0.29) is 17.9 Å². The molecular weight excluding hydrogens is 238 g/mol. The van der Waals surface area contributed by atoms with Crippen LogP contribution in [0.5, 0.6) is 0 Å². The quantitative estimate of drug-likeness (QED) is 0.774. The Morgan fingerprint density at radius 2 is 2.00 bits per heavy atom. The highest BCUT2D eigenvalue weighted by Crippen LogP contribution is 2.13. The Kier molecular flexibility index (Phi) is 6.45. The van der Waals surface area contributed by atoms with Crippen LogP contribution in [0.4, 0.5) is 5.82 Å². The average molecular weight is 260 g/mol. The third-order valence-corrected chi connectivity index (χ3v) is 2.25. The van der Waals surface area contributed by atoms with Crippen molar-refractivity contribution in [2.75, 3.05) is 18.9 Å². The number of anilines is 1. The summed E-state index contributed by atoms with van der Waals surface area (Å²) in [4.78, 5) is 4.16. The molecule has 1 aromatic heterocycles. The van der Waals surface area contributed by atoms with Gasteiger partial charge in [-0.1, -0.05) is 6.07 Å². The van der Waals surface area contributed by atoms with Gasteiger partial charge in [0, 0.05) is 30.9 Å². The highest BCUT2D eigenvalue weighted by molar-refractivity contribution is 5.85. The predicted octanol–water partition coefficient (Wildman–Crippen LogP) is 1.97. The average Bonchev–Trinajstić information content (AvgIpc) is 2.25. The van der Waals surface area contributed by atoms with Gasteiger partial charge >= 0.3 is 0 Å². The Balaban J connectivity index is 0.00000256. The van der Waals surface area contributed by atoms with Gasteiger partial charge in [0.15, 0.2) is 0 Å². The Hall–Kier alpha value is -0.840. The van der Waals surface area contributed by atoms with Gasteiger partial charge < -0.3 is 15.7 Å². The van der Waals surface area contributed by atoms with Crippen LogP contribution in [0, 0.1) is 0 Å². The summed E-state index contributed by atoms with van der Waals surface area (Å²) in [6.07, 6.45) is 1.18. The van der Waals surface area contributed by atoms with Crippen molar-refractivity contribution in [2.24, 2.45) is 0 Å². The van der Waals surface area contributed by atoms with E-state index in [1.54, 1.807) is 6.20 Å². The largest absolute Gasteiger partial charge is 0.387 e. The molecule has 0 unspecified atom stereocenters. The number of aliphatic hydroxyl groups excluding tert-OH is 1. The summed E-state index contributed by atoms with van der Waals surface area (Å²) in [6.45, 7) is 6.75. The van der Waals surface area contributed by atoms with E-state index < -0.39 is 6.10 Å². The van der Waals surface area contributed by atoms with Crippen LogP contribution in [0.25, 0.3) is 0 Å². The van der Waals surface area contributed by atoms with E-state index >= 15 is 0 Å². The fourth-order valence-corrected chi connectivity index (χ4v) is 1.27. The van der Waals surface area contributed by atoms with Crippen molar-refractivity contribution < 1.29 is 5.11 Å². The van der Waals surface area contributed by atoms with Gasteiger partial charge in [-0.3, -0.25) is 0 Å². The molecular formula is C12H22ClN3O. The first kappa shape index (κ1) is 16.2. The summed E-state index contributed by atoms with van der Waals surface area (Å²) >= 11 is 0. The molecule has 0 aromatic carbocycles. The van der Waals surface area contributed by atoms with Gasteiger partial charge in [-0.05, 0) is 26.8 Å². The number of β-amino-alcohol motifs (C(OH)–C–C–N with tert-alkyl or cyclic N) is 1. The molecule has 1 aromatic rings. The molecule has 0 bridgehead atoms. The standard InChI is InChI=1S/C12H21N3O.ClH/c1-12(2,3)15-8-10(16)9-5-6-11(13-4)14-7-9;/h5-7,10,15-16H,8H2,1-4H3,(H,13,14);1H/t10-;/m0./s1. The number of pyridine rings is 1. The lowest BCUT2D eigenvalue weighted by atomic mass is 10.1. The molecule has 0 saturated carbocycles. The Morgan fingerprint density at radius 3 is 2.41 bits per heavy atom. The second-order valence-corrected chi connectivity index (χ2v) is 4.87. The maximum Gasteiger partial charge on any atom is 0.125 e. The summed E-state index contributed by atoms with van der Waals surface area (Å²) in [7, 11) is 1.82. The minimum absolute atomic E-state index is 0. The van der Waals surface area contributed by atoms with Gasteiger partial charge in [0.1, 0.15) is 5.82 Å². The molecule has 0 spiro atoms. The number of hydrogen-bond acceptors (Lipinski definition) is 4. The van der Waals surface area contributed by atoms with Crippen molar-refractivity contribution in [1.82, 2.24) is 10.3 Å². The maximum absolute atomic E-state index is 9.92. The second kappa shape index (κ2) is 6.79. The van der Waals surface area contributed by atoms with Crippen LogP contribution in [0.1, 0.15) is 32.4 Å². The number of halogens is 1. The minimum atomic E-state index is -0.516. The topological polar surface area (TPSA) is 57.2 Å². The van der Waals surface area contributed by atoms with E-state index in [1.807, 2.05) is 19.2 Å². The van der Waals surface area contributed by atoms with Crippen molar-refractivity contribution in [2.45, 2.75) is 32.4 Å². The molecule has 4 nitrogen and oxygen atoms in total. The van der Waals surface area contributed by atoms with Gasteiger partial charge in [-0.25, -0.2) is 4.98 Å². The van der Waals surface area contributed by atoms with Crippen LogP contribution in [-0.2, 0) is 0 Å². The third kappa shape index (κ3) is 5.86. The Bertz CT molecular complexity index is 322. The molecule has 98 valence electrons. The molecule has 0 radical (unpaired) electrons. The van der Waals surface area contributed by atoms with Crippen molar-refractivity contribution in [3.63, 3.8) is 0 Å². The molecule has 0 aliphatic heterocycles. The molecule has 0 amide bonds. The van der Waals surface area contributed by atoms with Crippen LogP contribution in [0.3, 0.4) is 0 Å². The van der Waals surface area contributed by atoms with Gasteiger partial charge in [0.05, 0.1) is 6.10 Å². The molecule has 1 atom stereocenters. The highest BCUT2D eigenvalue weighted by Gasteiger charge is 2.13. The van der Waals surface area contributed by atoms with Crippen LogP contribution < -0.4 is 10.6 Å². The number of aromatic nitrogens is 1. The van der Waals surface area contributed by atoms with Crippen LogP contribution in [0.15, 0.2) is 18.3 Å². The van der Waals surface area contributed by atoms with Gasteiger partial charge in [0.2, 0.25) is 0 Å². The smallest absolute Gasteiger partial charge is 0.125 e. The van der Waals surface area contributed by atoms with Crippen LogP contribution in [-0.4, -0.2) is 29.2 Å². The SMILES string of the molecule is CNc1ccc([C@@H](O)CNC(C)(C)C)cn1.Cl. The monoisotopic (exact) mass is 259 g/mol. The Morgan fingerprint density at radius 1 is 1.35 bits per heavy atom. The zero-order valence-corrected chi connectivity index (χ0v) is 11.6. The van der Waals surface area contributed by atoms with E-state index in [2.05, 4.69) is 36.4 Å². The fourth-order valence-electron chi connectivity index (χ4n) is 1.27. The van der Waals surface area contributed by atoms with Crippen molar-refractivity contribution in [3.05, 3.63) is 23.9 Å². The number of nitrogens with zero attached hydrogens (tertiary/aromatic N) is 1. The first-order chi connectivity index (χ1) is 7.42. The van der Waals surface area contributed by atoms with E-state index in [0.29, 0.717) is 6.54 Å². The van der Waals surface area contributed by atoms with E-state index in [4.69, 9.17) is 0 Å².